The molecule has 1 saturated heterocycles. The minimum absolute atomic E-state index is 0.0201. The van der Waals surface area contributed by atoms with E-state index in [9.17, 15) is 8.42 Å². The van der Waals surface area contributed by atoms with Gasteiger partial charge in [-0.3, -0.25) is 0 Å². The summed E-state index contributed by atoms with van der Waals surface area (Å²) in [5, 5.41) is 0. The Hall–Kier alpha value is -1.99. The average molecular weight is 361 g/mol. The lowest BCUT2D eigenvalue weighted by Gasteiger charge is -2.32. The smallest absolute Gasteiger partial charge is 0.218 e. The van der Waals surface area contributed by atoms with Crippen LogP contribution in [-0.4, -0.2) is 41.9 Å². The third-order valence-corrected chi connectivity index (χ3v) is 5.97. The molecule has 2 heterocycles. The molecule has 0 amide bonds. The zero-order chi connectivity index (χ0) is 17.9. The van der Waals surface area contributed by atoms with Crippen molar-refractivity contribution in [1.82, 2.24) is 14.3 Å². The second kappa shape index (κ2) is 7.49. The summed E-state index contributed by atoms with van der Waals surface area (Å²) in [4.78, 5) is 8.51. The monoisotopic (exact) mass is 361 g/mol. The van der Waals surface area contributed by atoms with Gasteiger partial charge in [-0.2, -0.15) is 9.29 Å². The number of nitrogens with zero attached hydrogens (tertiary/aromatic N) is 3. The third kappa shape index (κ3) is 4.76. The molecule has 0 aliphatic carbocycles. The van der Waals surface area contributed by atoms with Crippen molar-refractivity contribution in [2.75, 3.05) is 13.1 Å². The number of hydrogen-bond donors (Lipinski definition) is 0. The zero-order valence-electron chi connectivity index (χ0n) is 14.6. The minimum Gasteiger partial charge on any atom is -0.473 e. The Kier molecular flexibility index (Phi) is 5.34. The highest BCUT2D eigenvalue weighted by Gasteiger charge is 2.30. The largest absolute Gasteiger partial charge is 0.473 e. The SMILES string of the molecule is Cc1cc(OC2CCCN(S(=O)(=O)Cc3ccccc3)C2)nc(C)n1. The molecular weight excluding hydrogens is 338 g/mol. The molecule has 1 aromatic carbocycles. The van der Waals surface area contributed by atoms with Crippen LogP contribution in [0.4, 0.5) is 0 Å². The van der Waals surface area contributed by atoms with Gasteiger partial charge in [-0.1, -0.05) is 30.3 Å². The number of ether oxygens (including phenoxy) is 1. The first-order valence-corrected chi connectivity index (χ1v) is 10.0. The number of aromatic nitrogens is 2. The topological polar surface area (TPSA) is 72.4 Å². The summed E-state index contributed by atoms with van der Waals surface area (Å²) < 4.78 is 32.9. The fraction of sp³-hybridized carbons (Fsp3) is 0.444. The van der Waals surface area contributed by atoms with Crippen molar-refractivity contribution in [2.24, 2.45) is 0 Å². The predicted molar refractivity (Wildman–Crippen MR) is 95.8 cm³/mol. The molecule has 134 valence electrons. The van der Waals surface area contributed by atoms with Crippen LogP contribution < -0.4 is 4.74 Å². The molecule has 1 aliphatic heterocycles. The maximum absolute atomic E-state index is 12.7. The number of sulfonamides is 1. The van der Waals surface area contributed by atoms with Gasteiger partial charge in [0.2, 0.25) is 15.9 Å². The summed E-state index contributed by atoms with van der Waals surface area (Å²) in [6.07, 6.45) is 1.41. The zero-order valence-corrected chi connectivity index (χ0v) is 15.4. The second-order valence-corrected chi connectivity index (χ2v) is 8.35. The molecule has 0 bridgehead atoms. The summed E-state index contributed by atoms with van der Waals surface area (Å²) in [5.41, 5.74) is 1.64. The van der Waals surface area contributed by atoms with Crippen LogP contribution in [0.15, 0.2) is 36.4 Å². The van der Waals surface area contributed by atoms with Gasteiger partial charge in [-0.05, 0) is 32.3 Å². The highest BCUT2D eigenvalue weighted by Crippen LogP contribution is 2.21. The Morgan fingerprint density at radius 1 is 1.20 bits per heavy atom. The quantitative estimate of drug-likeness (QED) is 0.818. The molecule has 1 aromatic heterocycles. The van der Waals surface area contributed by atoms with E-state index in [0.29, 0.717) is 24.8 Å². The molecule has 2 aromatic rings. The summed E-state index contributed by atoms with van der Waals surface area (Å²) in [7, 11) is -3.36. The predicted octanol–water partition coefficient (Wildman–Crippen LogP) is 2.47. The number of benzene rings is 1. The normalized spacial score (nSPS) is 18.9. The van der Waals surface area contributed by atoms with Gasteiger partial charge in [0, 0.05) is 18.3 Å². The van der Waals surface area contributed by atoms with Crippen LogP contribution in [-0.2, 0) is 15.8 Å². The van der Waals surface area contributed by atoms with Crippen LogP contribution in [0.3, 0.4) is 0 Å². The summed E-state index contributed by atoms with van der Waals surface area (Å²) in [6, 6.07) is 11.0. The average Bonchev–Trinajstić information content (AvgIpc) is 2.54. The highest BCUT2D eigenvalue weighted by molar-refractivity contribution is 7.88. The van der Waals surface area contributed by atoms with Crippen molar-refractivity contribution in [3.63, 3.8) is 0 Å². The van der Waals surface area contributed by atoms with E-state index in [4.69, 9.17) is 4.74 Å². The van der Waals surface area contributed by atoms with Crippen molar-refractivity contribution in [2.45, 2.75) is 38.5 Å². The first-order chi connectivity index (χ1) is 11.9. The van der Waals surface area contributed by atoms with Crippen LogP contribution in [0.1, 0.15) is 29.9 Å². The molecule has 6 nitrogen and oxygen atoms in total. The lowest BCUT2D eigenvalue weighted by molar-refractivity contribution is 0.124. The standard InChI is InChI=1S/C18H23N3O3S/c1-14-11-18(20-15(2)19-14)24-17-9-6-10-21(12-17)25(22,23)13-16-7-4-3-5-8-16/h3-5,7-8,11,17H,6,9-10,12-13H2,1-2H3. The van der Waals surface area contributed by atoms with E-state index in [1.807, 2.05) is 44.2 Å². The van der Waals surface area contributed by atoms with Crippen LogP contribution in [0.5, 0.6) is 5.88 Å². The fourth-order valence-corrected chi connectivity index (χ4v) is 4.64. The first-order valence-electron chi connectivity index (χ1n) is 8.43. The number of hydrogen-bond acceptors (Lipinski definition) is 5. The lowest BCUT2D eigenvalue weighted by atomic mass is 10.1. The molecular formula is C18H23N3O3S. The number of rotatable bonds is 5. The van der Waals surface area contributed by atoms with E-state index < -0.39 is 10.0 Å². The molecule has 7 heteroatoms. The Labute approximate surface area is 148 Å². The molecule has 0 radical (unpaired) electrons. The van der Waals surface area contributed by atoms with E-state index in [-0.39, 0.29) is 11.9 Å². The molecule has 1 aliphatic rings. The maximum atomic E-state index is 12.7. The highest BCUT2D eigenvalue weighted by atomic mass is 32.2. The molecule has 3 rings (SSSR count). The molecule has 1 unspecified atom stereocenters. The van der Waals surface area contributed by atoms with E-state index in [1.54, 1.807) is 6.07 Å². The Balaban J connectivity index is 1.68. The van der Waals surface area contributed by atoms with E-state index in [2.05, 4.69) is 9.97 Å². The van der Waals surface area contributed by atoms with Crippen LogP contribution in [0.2, 0.25) is 0 Å². The van der Waals surface area contributed by atoms with Gasteiger partial charge in [-0.15, -0.1) is 0 Å². The van der Waals surface area contributed by atoms with Gasteiger partial charge in [0.1, 0.15) is 11.9 Å². The van der Waals surface area contributed by atoms with E-state index >= 15 is 0 Å². The third-order valence-electron chi connectivity index (χ3n) is 4.16. The molecule has 1 atom stereocenters. The van der Waals surface area contributed by atoms with Gasteiger partial charge in [0.25, 0.3) is 0 Å². The van der Waals surface area contributed by atoms with E-state index in [1.165, 1.54) is 4.31 Å². The van der Waals surface area contributed by atoms with E-state index in [0.717, 1.165) is 24.1 Å². The van der Waals surface area contributed by atoms with Crippen LogP contribution in [0, 0.1) is 13.8 Å². The first kappa shape index (κ1) is 17.8. The Morgan fingerprint density at radius 3 is 2.68 bits per heavy atom. The van der Waals surface area contributed by atoms with Crippen molar-refractivity contribution in [1.29, 1.82) is 0 Å². The van der Waals surface area contributed by atoms with Crippen LogP contribution in [0.25, 0.3) is 0 Å². The Morgan fingerprint density at radius 2 is 1.96 bits per heavy atom. The van der Waals surface area contributed by atoms with Crippen molar-refractivity contribution < 1.29 is 13.2 Å². The number of aryl methyl sites for hydroxylation is 2. The van der Waals surface area contributed by atoms with Crippen molar-refractivity contribution in [3.05, 3.63) is 53.5 Å². The maximum Gasteiger partial charge on any atom is 0.218 e. The number of piperidine rings is 1. The second-order valence-electron chi connectivity index (χ2n) is 6.38. The van der Waals surface area contributed by atoms with Crippen molar-refractivity contribution >= 4 is 10.0 Å². The lowest BCUT2D eigenvalue weighted by Crippen LogP contribution is -2.44. The van der Waals surface area contributed by atoms with Gasteiger partial charge in [0.15, 0.2) is 0 Å². The molecule has 1 fully saturated rings. The van der Waals surface area contributed by atoms with Crippen molar-refractivity contribution in [3.8, 4) is 5.88 Å². The molecule has 25 heavy (non-hydrogen) atoms. The minimum atomic E-state index is -3.36. The Bertz CT molecular complexity index is 804. The van der Waals surface area contributed by atoms with Gasteiger partial charge < -0.3 is 4.74 Å². The molecule has 0 spiro atoms. The summed E-state index contributed by atoms with van der Waals surface area (Å²) in [5.74, 6) is 1.18. The summed E-state index contributed by atoms with van der Waals surface area (Å²) in [6.45, 7) is 4.60. The summed E-state index contributed by atoms with van der Waals surface area (Å²) >= 11 is 0. The van der Waals surface area contributed by atoms with Crippen LogP contribution >= 0.6 is 0 Å². The van der Waals surface area contributed by atoms with Gasteiger partial charge in [0.05, 0.1) is 12.3 Å². The van der Waals surface area contributed by atoms with Gasteiger partial charge >= 0.3 is 0 Å². The fourth-order valence-electron chi connectivity index (χ4n) is 3.04. The van der Waals surface area contributed by atoms with Gasteiger partial charge in [-0.25, -0.2) is 13.4 Å². The molecule has 0 saturated carbocycles. The molecule has 0 N–H and O–H groups in total.